The maximum absolute atomic E-state index is 10.5. The van der Waals surface area contributed by atoms with Crippen molar-refractivity contribution in [1.29, 1.82) is 0 Å². The van der Waals surface area contributed by atoms with Crippen LogP contribution in [0.15, 0.2) is 6.33 Å². The number of nitrogens with zero attached hydrogens (tertiary/aromatic N) is 3. The van der Waals surface area contributed by atoms with Crippen LogP contribution in [0.4, 0.5) is 11.8 Å². The van der Waals surface area contributed by atoms with Gasteiger partial charge in [-0.2, -0.15) is 9.97 Å². The summed E-state index contributed by atoms with van der Waals surface area (Å²) in [5.41, 5.74) is 0.570. The lowest BCUT2D eigenvalue weighted by molar-refractivity contribution is -0.0543. The van der Waals surface area contributed by atoms with Gasteiger partial charge in [-0.15, -0.1) is 0 Å². The van der Waals surface area contributed by atoms with Crippen LogP contribution in [0.2, 0.25) is 0 Å². The fourth-order valence-corrected chi connectivity index (χ4v) is 2.25. The first-order chi connectivity index (χ1) is 9.70. The van der Waals surface area contributed by atoms with E-state index in [4.69, 9.17) is 4.74 Å². The number of H-pyrrole nitrogens is 1. The second-order valence-electron chi connectivity index (χ2n) is 4.94. The number of imidazole rings is 1. The Hall–Kier alpha value is -1.93. The summed E-state index contributed by atoms with van der Waals surface area (Å²) in [5.74, 6) is 1.13. The van der Waals surface area contributed by atoms with Crippen LogP contribution in [-0.4, -0.2) is 57.4 Å². The number of aliphatic hydroxyl groups is 1. The Labute approximate surface area is 116 Å². The molecule has 4 N–H and O–H groups in total. The third-order valence-electron chi connectivity index (χ3n) is 3.52. The fraction of sp³-hybridized carbons (Fsp3) is 0.583. The first-order valence-electron chi connectivity index (χ1n) is 6.63. The smallest absolute Gasteiger partial charge is 0.226 e. The highest BCUT2D eigenvalue weighted by molar-refractivity contribution is 5.83. The first kappa shape index (κ1) is 13.1. The lowest BCUT2D eigenvalue weighted by Crippen LogP contribution is -2.42. The summed E-state index contributed by atoms with van der Waals surface area (Å²) >= 11 is 0. The van der Waals surface area contributed by atoms with Gasteiger partial charge in [0.2, 0.25) is 5.95 Å². The van der Waals surface area contributed by atoms with Crippen LogP contribution >= 0.6 is 0 Å². The van der Waals surface area contributed by atoms with E-state index in [1.165, 1.54) is 0 Å². The monoisotopic (exact) mass is 278 g/mol. The van der Waals surface area contributed by atoms with Crippen molar-refractivity contribution in [2.75, 3.05) is 37.4 Å². The molecule has 1 fully saturated rings. The molecule has 0 atom stereocenters. The number of fused-ring (bicyclic) bond motifs is 1. The first-order valence-corrected chi connectivity index (χ1v) is 6.63. The van der Waals surface area contributed by atoms with Gasteiger partial charge in [0.05, 0.1) is 11.9 Å². The Kier molecular flexibility index (Phi) is 3.41. The summed E-state index contributed by atoms with van der Waals surface area (Å²) in [6.45, 7) is 1.59. The molecule has 8 heteroatoms. The van der Waals surface area contributed by atoms with Crippen molar-refractivity contribution in [1.82, 2.24) is 19.9 Å². The van der Waals surface area contributed by atoms with Gasteiger partial charge in [-0.1, -0.05) is 0 Å². The van der Waals surface area contributed by atoms with E-state index < -0.39 is 5.60 Å². The summed E-state index contributed by atoms with van der Waals surface area (Å²) in [4.78, 5) is 15.7. The van der Waals surface area contributed by atoms with Crippen molar-refractivity contribution in [3.63, 3.8) is 0 Å². The van der Waals surface area contributed by atoms with Gasteiger partial charge in [0.25, 0.3) is 0 Å². The molecule has 0 saturated carbocycles. The molecule has 0 aromatic carbocycles. The topological polar surface area (TPSA) is 108 Å². The molecule has 20 heavy (non-hydrogen) atoms. The lowest BCUT2D eigenvalue weighted by Gasteiger charge is -2.32. The molecular formula is C12H18N6O2. The number of aromatic nitrogens is 4. The number of hydrogen-bond acceptors (Lipinski definition) is 7. The summed E-state index contributed by atoms with van der Waals surface area (Å²) in [6, 6.07) is 0. The standard InChI is InChI=1S/C12H18N6O2/c1-13-11-17-9(8-10(18-11)16-7-15-8)14-6-12(19)2-4-20-5-3-12/h7,19H,2-6H2,1H3,(H3,13,14,15,16,17,18). The van der Waals surface area contributed by atoms with E-state index in [-0.39, 0.29) is 0 Å². The molecule has 0 amide bonds. The highest BCUT2D eigenvalue weighted by Crippen LogP contribution is 2.23. The summed E-state index contributed by atoms with van der Waals surface area (Å²) in [6.07, 6.45) is 2.82. The molecule has 2 aromatic heterocycles. The minimum absolute atomic E-state index is 0.421. The second-order valence-corrected chi connectivity index (χ2v) is 4.94. The van der Waals surface area contributed by atoms with Crippen LogP contribution in [0.25, 0.3) is 11.2 Å². The van der Waals surface area contributed by atoms with Crippen LogP contribution in [0, 0.1) is 0 Å². The van der Waals surface area contributed by atoms with Crippen molar-refractivity contribution in [2.45, 2.75) is 18.4 Å². The highest BCUT2D eigenvalue weighted by atomic mass is 16.5. The minimum atomic E-state index is -0.755. The van der Waals surface area contributed by atoms with Crippen LogP contribution in [0.1, 0.15) is 12.8 Å². The fourth-order valence-electron chi connectivity index (χ4n) is 2.25. The van der Waals surface area contributed by atoms with E-state index in [2.05, 4.69) is 30.6 Å². The van der Waals surface area contributed by atoms with Crippen molar-refractivity contribution >= 4 is 22.9 Å². The summed E-state index contributed by atoms with van der Waals surface area (Å²) < 4.78 is 5.27. The molecule has 0 bridgehead atoms. The zero-order chi connectivity index (χ0) is 14.0. The molecule has 3 rings (SSSR count). The minimum Gasteiger partial charge on any atom is -0.388 e. The normalized spacial score (nSPS) is 18.1. The maximum atomic E-state index is 10.5. The molecule has 0 spiro atoms. The quantitative estimate of drug-likeness (QED) is 0.639. The number of anilines is 2. The van der Waals surface area contributed by atoms with Gasteiger partial charge in [0.1, 0.15) is 5.52 Å². The molecular weight excluding hydrogens is 260 g/mol. The van der Waals surface area contributed by atoms with Crippen LogP contribution in [0.3, 0.4) is 0 Å². The highest BCUT2D eigenvalue weighted by Gasteiger charge is 2.29. The van der Waals surface area contributed by atoms with Gasteiger partial charge in [-0.3, -0.25) is 0 Å². The molecule has 1 saturated heterocycles. The predicted molar refractivity (Wildman–Crippen MR) is 74.7 cm³/mol. The van der Waals surface area contributed by atoms with E-state index >= 15 is 0 Å². The van der Waals surface area contributed by atoms with Crippen LogP contribution < -0.4 is 10.6 Å². The van der Waals surface area contributed by atoms with E-state index in [0.717, 1.165) is 5.52 Å². The zero-order valence-electron chi connectivity index (χ0n) is 11.3. The van der Waals surface area contributed by atoms with Crippen molar-refractivity contribution in [3.8, 4) is 0 Å². The average molecular weight is 278 g/mol. The van der Waals surface area contributed by atoms with Crippen LogP contribution in [-0.2, 0) is 4.74 Å². The Morgan fingerprint density at radius 1 is 1.40 bits per heavy atom. The van der Waals surface area contributed by atoms with Gasteiger partial charge >= 0.3 is 0 Å². The Balaban J connectivity index is 1.81. The van der Waals surface area contributed by atoms with Gasteiger partial charge in [0.15, 0.2) is 11.5 Å². The van der Waals surface area contributed by atoms with Gasteiger partial charge < -0.3 is 25.5 Å². The molecule has 2 aromatic rings. The molecule has 108 valence electrons. The number of rotatable bonds is 4. The summed E-state index contributed by atoms with van der Waals surface area (Å²) in [5, 5.41) is 16.5. The van der Waals surface area contributed by atoms with E-state index in [0.29, 0.717) is 50.0 Å². The lowest BCUT2D eigenvalue weighted by atomic mass is 9.94. The molecule has 0 unspecified atom stereocenters. The Morgan fingerprint density at radius 2 is 2.20 bits per heavy atom. The zero-order valence-corrected chi connectivity index (χ0v) is 11.3. The van der Waals surface area contributed by atoms with Crippen molar-refractivity contribution in [2.24, 2.45) is 0 Å². The van der Waals surface area contributed by atoms with Gasteiger partial charge in [-0.25, -0.2) is 4.98 Å². The summed E-state index contributed by atoms with van der Waals surface area (Å²) in [7, 11) is 1.75. The van der Waals surface area contributed by atoms with E-state index in [1.54, 1.807) is 13.4 Å². The number of nitrogens with one attached hydrogen (secondary N) is 3. The van der Waals surface area contributed by atoms with E-state index in [1.807, 2.05) is 0 Å². The van der Waals surface area contributed by atoms with E-state index in [9.17, 15) is 5.11 Å². The Bertz CT molecular complexity index is 593. The SMILES string of the molecule is CNc1nc(NCC2(O)CCOCC2)c2[nH]cnc2n1. The van der Waals surface area contributed by atoms with Gasteiger partial charge in [-0.05, 0) is 0 Å². The number of ether oxygens (including phenoxy) is 1. The molecule has 0 aliphatic carbocycles. The Morgan fingerprint density at radius 3 is 2.95 bits per heavy atom. The maximum Gasteiger partial charge on any atom is 0.226 e. The third kappa shape index (κ3) is 2.52. The predicted octanol–water partition coefficient (Wildman–Crippen LogP) is 0.348. The van der Waals surface area contributed by atoms with Crippen molar-refractivity contribution < 1.29 is 9.84 Å². The molecule has 1 aliphatic rings. The third-order valence-corrected chi connectivity index (χ3v) is 3.52. The number of aromatic amines is 1. The molecule has 1 aliphatic heterocycles. The molecule has 8 nitrogen and oxygen atoms in total. The molecule has 0 radical (unpaired) electrons. The van der Waals surface area contributed by atoms with Crippen LogP contribution in [0.5, 0.6) is 0 Å². The van der Waals surface area contributed by atoms with Crippen molar-refractivity contribution in [3.05, 3.63) is 6.33 Å². The second kappa shape index (κ2) is 5.22. The number of hydrogen-bond donors (Lipinski definition) is 4. The van der Waals surface area contributed by atoms with Gasteiger partial charge in [0, 0.05) is 39.6 Å². The average Bonchev–Trinajstić information content (AvgIpc) is 2.93. The molecule has 3 heterocycles. The largest absolute Gasteiger partial charge is 0.388 e.